The Bertz CT molecular complexity index is 497. The minimum Gasteiger partial charge on any atom is -0.394 e. The summed E-state index contributed by atoms with van der Waals surface area (Å²) in [5.41, 5.74) is 0. The molecule has 2 aliphatic rings. The van der Waals surface area contributed by atoms with E-state index in [-0.39, 0.29) is 23.9 Å². The molecular formula is C21H40O8. The van der Waals surface area contributed by atoms with Crippen LogP contribution in [0.1, 0.15) is 48.0 Å². The fourth-order valence-corrected chi connectivity index (χ4v) is 4.56. The highest BCUT2D eigenvalue weighted by atomic mass is 16.7. The van der Waals surface area contributed by atoms with E-state index in [4.69, 9.17) is 14.2 Å². The highest BCUT2D eigenvalue weighted by molar-refractivity contribution is 4.96. The van der Waals surface area contributed by atoms with Crippen molar-refractivity contribution >= 4 is 0 Å². The standard InChI is InChI=1S/C21H40O8/c1-9(2)7-12-14(10(3)4)15(23)18(26)21(28-12)29-20-13(8-22)27-19(11(5)6)16(24)17(20)25/h9-26H,7-8H2,1-6H3/t12-,13-,14?,15+,16-,17-,18-,19?,20-,21+/m1/s1. The highest BCUT2D eigenvalue weighted by Gasteiger charge is 2.51. The van der Waals surface area contributed by atoms with Gasteiger partial charge >= 0.3 is 0 Å². The molecule has 0 aliphatic carbocycles. The topological polar surface area (TPSA) is 129 Å². The normalized spacial score (nSPS) is 44.1. The zero-order valence-electron chi connectivity index (χ0n) is 18.4. The summed E-state index contributed by atoms with van der Waals surface area (Å²) in [7, 11) is 0. The molecule has 0 spiro atoms. The van der Waals surface area contributed by atoms with E-state index in [2.05, 4.69) is 13.8 Å². The van der Waals surface area contributed by atoms with Crippen LogP contribution in [0.2, 0.25) is 0 Å². The molecule has 8 nitrogen and oxygen atoms in total. The zero-order valence-corrected chi connectivity index (χ0v) is 18.4. The maximum atomic E-state index is 10.7. The van der Waals surface area contributed by atoms with Crippen LogP contribution in [0.5, 0.6) is 0 Å². The van der Waals surface area contributed by atoms with Gasteiger partial charge in [0.25, 0.3) is 0 Å². The second-order valence-electron chi connectivity index (χ2n) is 9.62. The van der Waals surface area contributed by atoms with Crippen LogP contribution >= 0.6 is 0 Å². The molecule has 2 aliphatic heterocycles. The smallest absolute Gasteiger partial charge is 0.186 e. The zero-order chi connectivity index (χ0) is 22.0. The predicted octanol–water partition coefficient (Wildman–Crippen LogP) is 0.274. The first-order valence-electron chi connectivity index (χ1n) is 10.8. The summed E-state index contributed by atoms with van der Waals surface area (Å²) < 4.78 is 17.6. The molecule has 2 rings (SSSR count). The van der Waals surface area contributed by atoms with Crippen molar-refractivity contribution in [2.24, 2.45) is 23.7 Å². The van der Waals surface area contributed by atoms with E-state index in [0.29, 0.717) is 12.3 Å². The van der Waals surface area contributed by atoms with Crippen molar-refractivity contribution in [3.05, 3.63) is 0 Å². The van der Waals surface area contributed by atoms with Crippen LogP contribution in [-0.4, -0.2) is 87.3 Å². The van der Waals surface area contributed by atoms with Crippen LogP contribution in [0.15, 0.2) is 0 Å². The number of aliphatic hydroxyl groups is 5. The Labute approximate surface area is 173 Å². The summed E-state index contributed by atoms with van der Waals surface area (Å²) in [5, 5.41) is 52.2. The maximum absolute atomic E-state index is 10.7. The minimum absolute atomic E-state index is 0.0739. The van der Waals surface area contributed by atoms with E-state index >= 15 is 0 Å². The molecule has 0 amide bonds. The molecular weight excluding hydrogens is 380 g/mol. The summed E-state index contributed by atoms with van der Waals surface area (Å²) in [6.07, 6.45) is -8.41. The predicted molar refractivity (Wildman–Crippen MR) is 106 cm³/mol. The third kappa shape index (κ3) is 5.49. The molecule has 0 radical (unpaired) electrons. The first-order valence-corrected chi connectivity index (χ1v) is 10.8. The monoisotopic (exact) mass is 420 g/mol. The Hall–Kier alpha value is -0.320. The van der Waals surface area contributed by atoms with Gasteiger partial charge in [0, 0.05) is 5.92 Å². The molecule has 2 unspecified atom stereocenters. The van der Waals surface area contributed by atoms with Gasteiger partial charge in [0.1, 0.15) is 30.5 Å². The quantitative estimate of drug-likeness (QED) is 0.397. The van der Waals surface area contributed by atoms with Gasteiger partial charge in [-0.2, -0.15) is 0 Å². The van der Waals surface area contributed by atoms with Gasteiger partial charge in [0.05, 0.1) is 24.9 Å². The molecule has 2 fully saturated rings. The number of aliphatic hydroxyl groups excluding tert-OH is 5. The van der Waals surface area contributed by atoms with Gasteiger partial charge in [-0.1, -0.05) is 41.5 Å². The maximum Gasteiger partial charge on any atom is 0.186 e. The lowest BCUT2D eigenvalue weighted by Gasteiger charge is -2.49. The molecule has 10 atom stereocenters. The van der Waals surface area contributed by atoms with Crippen molar-refractivity contribution < 1.29 is 39.7 Å². The fourth-order valence-electron chi connectivity index (χ4n) is 4.56. The Morgan fingerprint density at radius 2 is 1.38 bits per heavy atom. The van der Waals surface area contributed by atoms with E-state index in [1.807, 2.05) is 27.7 Å². The first kappa shape index (κ1) is 24.9. The van der Waals surface area contributed by atoms with E-state index in [1.54, 1.807) is 0 Å². The highest BCUT2D eigenvalue weighted by Crippen LogP contribution is 2.37. The summed E-state index contributed by atoms with van der Waals surface area (Å²) in [5.74, 6) is 0.0677. The SMILES string of the molecule is CC(C)C[C@H]1O[C@@H](O[C@H]2[C@H](O)[C@@H](O)C(C(C)C)O[C@@H]2CO)[C@H](O)[C@@H](O)C1C(C)C. The van der Waals surface area contributed by atoms with Crippen LogP contribution in [0, 0.1) is 23.7 Å². The van der Waals surface area contributed by atoms with Crippen LogP contribution < -0.4 is 0 Å². The summed E-state index contributed by atoms with van der Waals surface area (Å²) in [4.78, 5) is 0. The van der Waals surface area contributed by atoms with Crippen molar-refractivity contribution in [2.45, 2.75) is 103 Å². The molecule has 0 bridgehead atoms. The largest absolute Gasteiger partial charge is 0.394 e. The molecule has 2 saturated heterocycles. The lowest BCUT2D eigenvalue weighted by Crippen LogP contribution is -2.64. The van der Waals surface area contributed by atoms with Crippen LogP contribution in [-0.2, 0) is 14.2 Å². The Balaban J connectivity index is 2.20. The molecule has 29 heavy (non-hydrogen) atoms. The van der Waals surface area contributed by atoms with E-state index < -0.39 is 55.6 Å². The number of hydrogen-bond acceptors (Lipinski definition) is 8. The summed E-state index contributed by atoms with van der Waals surface area (Å²) in [6.45, 7) is 11.3. The van der Waals surface area contributed by atoms with Gasteiger partial charge < -0.3 is 39.7 Å². The molecule has 2 heterocycles. The van der Waals surface area contributed by atoms with Crippen molar-refractivity contribution in [3.8, 4) is 0 Å². The van der Waals surface area contributed by atoms with Crippen molar-refractivity contribution in [1.82, 2.24) is 0 Å². The van der Waals surface area contributed by atoms with Crippen LogP contribution in [0.3, 0.4) is 0 Å². The number of hydrogen-bond donors (Lipinski definition) is 5. The minimum atomic E-state index is -1.33. The molecule has 8 heteroatoms. The molecule has 0 aromatic rings. The Morgan fingerprint density at radius 1 is 0.759 bits per heavy atom. The average molecular weight is 421 g/mol. The summed E-state index contributed by atoms with van der Waals surface area (Å²) >= 11 is 0. The Morgan fingerprint density at radius 3 is 1.86 bits per heavy atom. The average Bonchev–Trinajstić information content (AvgIpc) is 2.62. The van der Waals surface area contributed by atoms with Crippen LogP contribution in [0.4, 0.5) is 0 Å². The summed E-state index contributed by atoms with van der Waals surface area (Å²) in [6, 6.07) is 0. The second kappa shape index (κ2) is 10.3. The second-order valence-corrected chi connectivity index (χ2v) is 9.62. The van der Waals surface area contributed by atoms with Gasteiger partial charge in [0.2, 0.25) is 0 Å². The van der Waals surface area contributed by atoms with Gasteiger partial charge in [-0.05, 0) is 24.2 Å². The van der Waals surface area contributed by atoms with Gasteiger partial charge in [-0.25, -0.2) is 0 Å². The lowest BCUT2D eigenvalue weighted by atomic mass is 9.78. The van der Waals surface area contributed by atoms with Crippen molar-refractivity contribution in [3.63, 3.8) is 0 Å². The number of rotatable bonds is 7. The Kier molecular flexibility index (Phi) is 8.88. The van der Waals surface area contributed by atoms with Crippen molar-refractivity contribution in [1.29, 1.82) is 0 Å². The molecule has 172 valence electrons. The third-order valence-electron chi connectivity index (χ3n) is 6.08. The lowest BCUT2D eigenvalue weighted by molar-refractivity contribution is -0.340. The molecule has 5 N–H and O–H groups in total. The molecule has 0 aromatic carbocycles. The third-order valence-corrected chi connectivity index (χ3v) is 6.08. The number of ether oxygens (including phenoxy) is 3. The van der Waals surface area contributed by atoms with Crippen LogP contribution in [0.25, 0.3) is 0 Å². The van der Waals surface area contributed by atoms with Crippen molar-refractivity contribution in [2.75, 3.05) is 6.61 Å². The molecule has 0 saturated carbocycles. The van der Waals surface area contributed by atoms with E-state index in [0.717, 1.165) is 0 Å². The van der Waals surface area contributed by atoms with E-state index in [9.17, 15) is 25.5 Å². The first-order chi connectivity index (χ1) is 13.5. The van der Waals surface area contributed by atoms with Gasteiger partial charge in [-0.15, -0.1) is 0 Å². The van der Waals surface area contributed by atoms with E-state index in [1.165, 1.54) is 0 Å². The van der Waals surface area contributed by atoms with Gasteiger partial charge in [-0.3, -0.25) is 0 Å². The fraction of sp³-hybridized carbons (Fsp3) is 1.00. The molecule has 0 aromatic heterocycles. The van der Waals surface area contributed by atoms with Gasteiger partial charge in [0.15, 0.2) is 6.29 Å².